The van der Waals surface area contributed by atoms with Gasteiger partial charge in [-0.2, -0.15) is 10.2 Å². The molecule has 0 bridgehead atoms. The zero-order valence-corrected chi connectivity index (χ0v) is 12.6. The van der Waals surface area contributed by atoms with Crippen LogP contribution in [0.25, 0.3) is 0 Å². The summed E-state index contributed by atoms with van der Waals surface area (Å²) in [6.45, 7) is 0. The van der Waals surface area contributed by atoms with Crippen LogP contribution in [0, 0.1) is 0 Å². The summed E-state index contributed by atoms with van der Waals surface area (Å²) in [5.74, 6) is 0. The smallest absolute Gasteiger partial charge is 0.0579 e. The van der Waals surface area contributed by atoms with E-state index >= 15 is 0 Å². The lowest BCUT2D eigenvalue weighted by Gasteiger charge is -1.95. The zero-order valence-electron chi connectivity index (χ0n) is 9.42. The van der Waals surface area contributed by atoms with Crippen LogP contribution in [-0.4, -0.2) is 12.4 Å². The van der Waals surface area contributed by atoms with E-state index in [0.29, 0.717) is 0 Å². The van der Waals surface area contributed by atoms with Crippen LogP contribution in [0.1, 0.15) is 11.1 Å². The minimum absolute atomic E-state index is 1.00. The van der Waals surface area contributed by atoms with E-state index in [2.05, 4.69) is 42.1 Å². The molecule has 2 aromatic rings. The van der Waals surface area contributed by atoms with E-state index < -0.39 is 0 Å². The molecule has 0 aromatic heterocycles. The topological polar surface area (TPSA) is 24.7 Å². The second-order valence-corrected chi connectivity index (χ2v) is 5.24. The fraction of sp³-hybridized carbons (Fsp3) is 0. The van der Waals surface area contributed by atoms with Gasteiger partial charge in [-0.25, -0.2) is 0 Å². The van der Waals surface area contributed by atoms with Crippen LogP contribution in [0.15, 0.2) is 67.7 Å². The van der Waals surface area contributed by atoms with Crippen molar-refractivity contribution in [2.45, 2.75) is 0 Å². The van der Waals surface area contributed by atoms with Gasteiger partial charge in [-0.15, -0.1) is 0 Å². The first-order valence-electron chi connectivity index (χ1n) is 5.33. The van der Waals surface area contributed by atoms with Gasteiger partial charge in [-0.3, -0.25) is 0 Å². The Hall–Kier alpha value is -1.26. The van der Waals surface area contributed by atoms with Crippen molar-refractivity contribution in [3.05, 3.63) is 68.6 Å². The standard InChI is InChI=1S/C14H10Br2N2/c15-13-7-3-1-5-11(13)9-17-18-10-12-6-2-4-8-14(12)16/h1-10H/b17-9-,18-10+. The van der Waals surface area contributed by atoms with Crippen molar-refractivity contribution >= 4 is 44.3 Å². The zero-order chi connectivity index (χ0) is 12.8. The average Bonchev–Trinajstić information content (AvgIpc) is 2.38. The number of hydrogen-bond acceptors (Lipinski definition) is 2. The summed E-state index contributed by atoms with van der Waals surface area (Å²) in [5.41, 5.74) is 2.00. The minimum Gasteiger partial charge on any atom is -0.158 e. The van der Waals surface area contributed by atoms with Gasteiger partial charge in [0.1, 0.15) is 0 Å². The highest BCUT2D eigenvalue weighted by molar-refractivity contribution is 9.10. The van der Waals surface area contributed by atoms with E-state index in [1.165, 1.54) is 0 Å². The second-order valence-electron chi connectivity index (χ2n) is 3.53. The van der Waals surface area contributed by atoms with Crippen LogP contribution in [-0.2, 0) is 0 Å². The first-order chi connectivity index (χ1) is 8.77. The van der Waals surface area contributed by atoms with Crippen molar-refractivity contribution in [2.24, 2.45) is 10.2 Å². The third kappa shape index (κ3) is 3.62. The number of hydrogen-bond donors (Lipinski definition) is 0. The molecule has 0 saturated carbocycles. The van der Waals surface area contributed by atoms with Crippen LogP contribution in [0.2, 0.25) is 0 Å². The average molecular weight is 366 g/mol. The molecule has 0 amide bonds. The van der Waals surface area contributed by atoms with Gasteiger partial charge in [-0.05, 0) is 12.1 Å². The highest BCUT2D eigenvalue weighted by atomic mass is 79.9. The van der Waals surface area contributed by atoms with E-state index in [1.807, 2.05) is 48.5 Å². The Labute approximate surface area is 123 Å². The molecule has 0 saturated heterocycles. The van der Waals surface area contributed by atoms with Crippen molar-refractivity contribution < 1.29 is 0 Å². The number of halogens is 2. The maximum atomic E-state index is 4.03. The van der Waals surface area contributed by atoms with Crippen LogP contribution < -0.4 is 0 Å². The summed E-state index contributed by atoms with van der Waals surface area (Å²) in [5, 5.41) is 8.06. The van der Waals surface area contributed by atoms with Gasteiger partial charge in [0, 0.05) is 20.1 Å². The molecule has 0 aliphatic heterocycles. The SMILES string of the molecule is Brc1ccccc1/C=N\N=C\c1ccccc1Br. The number of nitrogens with zero attached hydrogens (tertiary/aromatic N) is 2. The minimum atomic E-state index is 1.00. The fourth-order valence-electron chi connectivity index (χ4n) is 1.35. The summed E-state index contributed by atoms with van der Waals surface area (Å²) in [7, 11) is 0. The van der Waals surface area contributed by atoms with E-state index in [9.17, 15) is 0 Å². The van der Waals surface area contributed by atoms with Crippen LogP contribution in [0.3, 0.4) is 0 Å². The summed E-state index contributed by atoms with van der Waals surface area (Å²) in [6, 6.07) is 15.7. The molecule has 0 aliphatic carbocycles. The maximum Gasteiger partial charge on any atom is 0.0579 e. The molecule has 0 radical (unpaired) electrons. The molecule has 0 atom stereocenters. The summed E-state index contributed by atoms with van der Waals surface area (Å²) < 4.78 is 2.01. The van der Waals surface area contributed by atoms with Gasteiger partial charge in [0.15, 0.2) is 0 Å². The fourth-order valence-corrected chi connectivity index (χ4v) is 2.12. The molecule has 18 heavy (non-hydrogen) atoms. The molecule has 0 N–H and O–H groups in total. The third-order valence-electron chi connectivity index (χ3n) is 2.27. The molecule has 90 valence electrons. The Morgan fingerprint density at radius 1 is 0.667 bits per heavy atom. The first kappa shape index (κ1) is 13.2. The number of benzene rings is 2. The van der Waals surface area contributed by atoms with Crippen molar-refractivity contribution in [2.75, 3.05) is 0 Å². The Bertz CT molecular complexity index is 538. The molecule has 0 unspecified atom stereocenters. The van der Waals surface area contributed by atoms with Crippen LogP contribution >= 0.6 is 31.9 Å². The molecular weight excluding hydrogens is 356 g/mol. The van der Waals surface area contributed by atoms with Gasteiger partial charge >= 0.3 is 0 Å². The molecule has 0 aliphatic rings. The van der Waals surface area contributed by atoms with Gasteiger partial charge in [-0.1, -0.05) is 68.3 Å². The highest BCUT2D eigenvalue weighted by Crippen LogP contribution is 2.14. The lowest BCUT2D eigenvalue weighted by molar-refractivity contribution is 1.26. The van der Waals surface area contributed by atoms with E-state index in [0.717, 1.165) is 20.1 Å². The third-order valence-corrected chi connectivity index (χ3v) is 3.72. The molecule has 2 rings (SSSR count). The largest absolute Gasteiger partial charge is 0.158 e. The Kier molecular flexibility index (Phi) is 4.84. The lowest BCUT2D eigenvalue weighted by atomic mass is 10.2. The van der Waals surface area contributed by atoms with Gasteiger partial charge in [0.2, 0.25) is 0 Å². The maximum absolute atomic E-state index is 4.03. The first-order valence-corrected chi connectivity index (χ1v) is 6.91. The van der Waals surface area contributed by atoms with Crippen molar-refractivity contribution in [1.29, 1.82) is 0 Å². The number of rotatable bonds is 3. The van der Waals surface area contributed by atoms with Gasteiger partial charge in [0.05, 0.1) is 12.4 Å². The highest BCUT2D eigenvalue weighted by Gasteiger charge is 1.94. The Balaban J connectivity index is 2.08. The summed E-state index contributed by atoms with van der Waals surface area (Å²) in [4.78, 5) is 0. The van der Waals surface area contributed by atoms with Crippen molar-refractivity contribution in [1.82, 2.24) is 0 Å². The van der Waals surface area contributed by atoms with Gasteiger partial charge < -0.3 is 0 Å². The molecule has 2 aromatic carbocycles. The van der Waals surface area contributed by atoms with Crippen molar-refractivity contribution in [3.63, 3.8) is 0 Å². The molecule has 0 fully saturated rings. The monoisotopic (exact) mass is 364 g/mol. The van der Waals surface area contributed by atoms with Crippen molar-refractivity contribution in [3.8, 4) is 0 Å². The van der Waals surface area contributed by atoms with E-state index in [-0.39, 0.29) is 0 Å². The molecule has 0 spiro atoms. The molecular formula is C14H10Br2N2. The Morgan fingerprint density at radius 2 is 1.06 bits per heavy atom. The second kappa shape index (κ2) is 6.61. The Morgan fingerprint density at radius 3 is 1.44 bits per heavy atom. The van der Waals surface area contributed by atoms with Gasteiger partial charge in [0.25, 0.3) is 0 Å². The normalized spacial score (nSPS) is 11.4. The molecule has 0 heterocycles. The van der Waals surface area contributed by atoms with E-state index in [4.69, 9.17) is 0 Å². The van der Waals surface area contributed by atoms with Crippen LogP contribution in [0.4, 0.5) is 0 Å². The lowest BCUT2D eigenvalue weighted by Crippen LogP contribution is -1.83. The summed E-state index contributed by atoms with van der Waals surface area (Å²) >= 11 is 6.91. The van der Waals surface area contributed by atoms with E-state index in [1.54, 1.807) is 12.4 Å². The molecule has 2 nitrogen and oxygen atoms in total. The summed E-state index contributed by atoms with van der Waals surface area (Å²) in [6.07, 6.45) is 3.44. The molecule has 4 heteroatoms. The predicted molar refractivity (Wildman–Crippen MR) is 83.5 cm³/mol. The predicted octanol–water partition coefficient (Wildman–Crippen LogP) is 4.66. The quantitative estimate of drug-likeness (QED) is 0.558. The van der Waals surface area contributed by atoms with Crippen LogP contribution in [0.5, 0.6) is 0 Å².